The number of aromatic nitrogens is 4. The number of carbonyl (C=O) groups excluding carboxylic acids is 1. The molecule has 8 heteroatoms. The summed E-state index contributed by atoms with van der Waals surface area (Å²) in [4.78, 5) is 21.8. The first-order chi connectivity index (χ1) is 15.7. The predicted molar refractivity (Wildman–Crippen MR) is 121 cm³/mol. The van der Waals surface area contributed by atoms with Crippen LogP contribution in [-0.4, -0.2) is 39.9 Å². The van der Waals surface area contributed by atoms with Crippen LogP contribution in [0.5, 0.6) is 11.5 Å². The molecule has 0 spiro atoms. The molecule has 0 fully saturated rings. The van der Waals surface area contributed by atoms with Crippen LogP contribution in [0.4, 0.5) is 5.95 Å². The molecule has 4 rings (SSSR count). The third-order valence-electron chi connectivity index (χ3n) is 4.91. The highest BCUT2D eigenvalue weighted by molar-refractivity contribution is 5.83. The van der Waals surface area contributed by atoms with Crippen molar-refractivity contribution in [3.63, 3.8) is 0 Å². The van der Waals surface area contributed by atoms with Gasteiger partial charge >= 0.3 is 0 Å². The Kier molecular flexibility index (Phi) is 6.41. The number of rotatable bonds is 8. The van der Waals surface area contributed by atoms with Crippen molar-refractivity contribution in [2.24, 2.45) is 0 Å². The molecule has 0 atom stereocenters. The molecule has 0 aliphatic heterocycles. The van der Waals surface area contributed by atoms with Crippen molar-refractivity contribution in [1.29, 1.82) is 0 Å². The molecule has 1 N–H and O–H groups in total. The van der Waals surface area contributed by atoms with E-state index in [2.05, 4.69) is 20.4 Å². The molecule has 2 aromatic heterocycles. The SMILES string of the molecule is COc1ccc(CC(=O)n2nc(-c3cccnc3)nc2NCc2ccccc2OC)cc1. The molecule has 0 amide bonds. The van der Waals surface area contributed by atoms with Crippen LogP contribution in [0.2, 0.25) is 0 Å². The number of hydrogen-bond acceptors (Lipinski definition) is 7. The molecule has 32 heavy (non-hydrogen) atoms. The Hall–Kier alpha value is -4.20. The number of ether oxygens (including phenoxy) is 2. The van der Waals surface area contributed by atoms with Gasteiger partial charge in [-0.2, -0.15) is 9.67 Å². The lowest BCUT2D eigenvalue weighted by Gasteiger charge is -2.10. The minimum absolute atomic E-state index is 0.170. The molecule has 0 aliphatic carbocycles. The summed E-state index contributed by atoms with van der Waals surface area (Å²) < 4.78 is 11.9. The van der Waals surface area contributed by atoms with Gasteiger partial charge in [-0.15, -0.1) is 5.10 Å². The van der Waals surface area contributed by atoms with Crippen molar-refractivity contribution >= 4 is 11.9 Å². The fourth-order valence-electron chi connectivity index (χ4n) is 3.23. The minimum Gasteiger partial charge on any atom is -0.497 e. The van der Waals surface area contributed by atoms with Crippen molar-refractivity contribution in [1.82, 2.24) is 19.7 Å². The fraction of sp³-hybridized carbons (Fsp3) is 0.167. The first kappa shape index (κ1) is 21.0. The van der Waals surface area contributed by atoms with Crippen molar-refractivity contribution in [3.8, 4) is 22.9 Å². The highest BCUT2D eigenvalue weighted by Crippen LogP contribution is 2.21. The van der Waals surface area contributed by atoms with Gasteiger partial charge in [0.25, 0.3) is 5.91 Å². The second-order valence-corrected chi connectivity index (χ2v) is 7.00. The van der Waals surface area contributed by atoms with Crippen molar-refractivity contribution < 1.29 is 14.3 Å². The smallest absolute Gasteiger partial charge is 0.254 e. The van der Waals surface area contributed by atoms with Crippen LogP contribution in [-0.2, 0) is 13.0 Å². The topological polar surface area (TPSA) is 91.2 Å². The first-order valence-corrected chi connectivity index (χ1v) is 10.1. The number of benzene rings is 2. The number of hydrogen-bond donors (Lipinski definition) is 1. The monoisotopic (exact) mass is 429 g/mol. The lowest BCUT2D eigenvalue weighted by molar-refractivity contribution is 0.0901. The van der Waals surface area contributed by atoms with Crippen molar-refractivity contribution in [2.75, 3.05) is 19.5 Å². The van der Waals surface area contributed by atoms with E-state index in [0.717, 1.165) is 28.2 Å². The zero-order valence-electron chi connectivity index (χ0n) is 17.9. The zero-order valence-corrected chi connectivity index (χ0v) is 17.9. The Morgan fingerprint density at radius 3 is 2.53 bits per heavy atom. The summed E-state index contributed by atoms with van der Waals surface area (Å²) in [6.45, 7) is 0.422. The van der Waals surface area contributed by atoms with E-state index < -0.39 is 0 Å². The van der Waals surface area contributed by atoms with Crippen LogP contribution in [0.1, 0.15) is 15.9 Å². The molecule has 162 valence electrons. The molecule has 0 unspecified atom stereocenters. The summed E-state index contributed by atoms with van der Waals surface area (Å²) in [7, 11) is 3.23. The maximum atomic E-state index is 13.1. The lowest BCUT2D eigenvalue weighted by atomic mass is 10.1. The van der Waals surface area contributed by atoms with Crippen molar-refractivity contribution in [3.05, 3.63) is 84.2 Å². The minimum atomic E-state index is -0.208. The number of methoxy groups -OCH3 is 2. The highest BCUT2D eigenvalue weighted by Gasteiger charge is 2.18. The van der Waals surface area contributed by atoms with E-state index in [1.54, 1.807) is 32.7 Å². The van der Waals surface area contributed by atoms with Gasteiger partial charge in [0.2, 0.25) is 5.95 Å². The van der Waals surface area contributed by atoms with Gasteiger partial charge in [0.15, 0.2) is 5.82 Å². The number of nitrogens with zero attached hydrogens (tertiary/aromatic N) is 4. The van der Waals surface area contributed by atoms with Gasteiger partial charge < -0.3 is 14.8 Å². The number of para-hydroxylation sites is 1. The summed E-state index contributed by atoms with van der Waals surface area (Å²) in [5, 5.41) is 7.69. The molecule has 0 saturated carbocycles. The van der Waals surface area contributed by atoms with Crippen LogP contribution in [0.25, 0.3) is 11.4 Å². The largest absolute Gasteiger partial charge is 0.497 e. The quantitative estimate of drug-likeness (QED) is 0.455. The Labute approximate surface area is 185 Å². The summed E-state index contributed by atoms with van der Waals surface area (Å²) in [6.07, 6.45) is 3.51. The molecule has 2 aromatic carbocycles. The number of nitrogens with one attached hydrogen (secondary N) is 1. The summed E-state index contributed by atoms with van der Waals surface area (Å²) >= 11 is 0. The number of pyridine rings is 1. The van der Waals surface area contributed by atoms with E-state index in [0.29, 0.717) is 18.3 Å². The normalized spacial score (nSPS) is 10.6. The van der Waals surface area contributed by atoms with Crippen LogP contribution in [0, 0.1) is 0 Å². The summed E-state index contributed by atoms with van der Waals surface area (Å²) in [5.74, 6) is 2.06. The van der Waals surface area contributed by atoms with E-state index in [-0.39, 0.29) is 12.3 Å². The van der Waals surface area contributed by atoms with Crippen molar-refractivity contribution in [2.45, 2.75) is 13.0 Å². The maximum absolute atomic E-state index is 13.1. The van der Waals surface area contributed by atoms with Crippen LogP contribution in [0.15, 0.2) is 73.1 Å². The standard InChI is InChI=1S/C24H23N5O3/c1-31-20-11-9-17(10-12-20)14-22(30)29-24(26-16-18-6-3-4-8-21(18)32-2)27-23(28-29)19-7-5-13-25-15-19/h3-13,15H,14,16H2,1-2H3,(H,26,27,28). The molecule has 0 aliphatic rings. The molecule has 8 nitrogen and oxygen atoms in total. The first-order valence-electron chi connectivity index (χ1n) is 10.1. The molecule has 2 heterocycles. The highest BCUT2D eigenvalue weighted by atomic mass is 16.5. The molecule has 0 radical (unpaired) electrons. The van der Waals surface area contributed by atoms with E-state index >= 15 is 0 Å². The van der Waals surface area contributed by atoms with E-state index in [9.17, 15) is 4.79 Å². The Bertz CT molecular complexity index is 1190. The third-order valence-corrected chi connectivity index (χ3v) is 4.91. The van der Waals surface area contributed by atoms with Gasteiger partial charge in [0.1, 0.15) is 11.5 Å². The molecular formula is C24H23N5O3. The Balaban J connectivity index is 1.61. The average Bonchev–Trinajstić information content (AvgIpc) is 3.28. The van der Waals surface area contributed by atoms with Gasteiger partial charge in [0, 0.05) is 30.1 Å². The number of anilines is 1. The van der Waals surface area contributed by atoms with Crippen LogP contribution in [0.3, 0.4) is 0 Å². The Morgan fingerprint density at radius 1 is 1.00 bits per heavy atom. The molecule has 4 aromatic rings. The molecular weight excluding hydrogens is 406 g/mol. The predicted octanol–water partition coefficient (Wildman–Crippen LogP) is 3.85. The van der Waals surface area contributed by atoms with Gasteiger partial charge in [-0.3, -0.25) is 9.78 Å². The third kappa shape index (κ3) is 4.75. The molecule has 0 saturated heterocycles. The van der Waals surface area contributed by atoms with Gasteiger partial charge in [0.05, 0.1) is 20.6 Å². The summed E-state index contributed by atoms with van der Waals surface area (Å²) in [5.41, 5.74) is 2.52. The van der Waals surface area contributed by atoms with Gasteiger partial charge in [-0.25, -0.2) is 0 Å². The zero-order chi connectivity index (χ0) is 22.3. The second kappa shape index (κ2) is 9.74. The molecule has 0 bridgehead atoms. The fourth-order valence-corrected chi connectivity index (χ4v) is 3.23. The average molecular weight is 429 g/mol. The van der Waals surface area contributed by atoms with Crippen LogP contribution < -0.4 is 14.8 Å². The van der Waals surface area contributed by atoms with E-state index in [1.807, 2.05) is 54.6 Å². The Morgan fingerprint density at radius 2 is 1.81 bits per heavy atom. The van der Waals surface area contributed by atoms with Crippen LogP contribution >= 0.6 is 0 Å². The summed E-state index contributed by atoms with van der Waals surface area (Å²) in [6, 6.07) is 18.7. The van der Waals surface area contributed by atoms with Gasteiger partial charge in [-0.1, -0.05) is 30.3 Å². The second-order valence-electron chi connectivity index (χ2n) is 7.00. The maximum Gasteiger partial charge on any atom is 0.254 e. The lowest BCUT2D eigenvalue weighted by Crippen LogP contribution is -2.18. The van der Waals surface area contributed by atoms with Gasteiger partial charge in [-0.05, 0) is 35.9 Å². The number of carbonyl (C=O) groups is 1. The van der Waals surface area contributed by atoms with E-state index in [1.165, 1.54) is 4.68 Å². The van der Waals surface area contributed by atoms with E-state index in [4.69, 9.17) is 9.47 Å².